The molecule has 0 spiro atoms. The molecule has 0 saturated carbocycles. The van der Waals surface area contributed by atoms with Crippen LogP contribution >= 0.6 is 23.2 Å². The van der Waals surface area contributed by atoms with Gasteiger partial charge in [0.25, 0.3) is 0 Å². The summed E-state index contributed by atoms with van der Waals surface area (Å²) >= 11 is 12.7. The van der Waals surface area contributed by atoms with Crippen LogP contribution in [0.4, 0.5) is 0 Å². The summed E-state index contributed by atoms with van der Waals surface area (Å²) in [4.78, 5) is 4.05. The van der Waals surface area contributed by atoms with Crippen molar-refractivity contribution in [3.05, 3.63) is 77.8 Å². The molecule has 0 aliphatic carbocycles. The minimum Gasteiger partial charge on any atom is -0.493 e. The van der Waals surface area contributed by atoms with Crippen LogP contribution < -0.4 is 9.47 Å². The molecule has 3 aromatic rings. The molecule has 0 N–H and O–H groups in total. The first-order chi connectivity index (χ1) is 12.6. The van der Waals surface area contributed by atoms with Crippen LogP contribution in [0.5, 0.6) is 11.5 Å². The molecule has 7 heteroatoms. The Kier molecular flexibility index (Phi) is 6.04. The van der Waals surface area contributed by atoms with E-state index in [-0.39, 0.29) is 6.79 Å². The normalized spacial score (nSPS) is 13.2. The second kappa shape index (κ2) is 8.45. The van der Waals surface area contributed by atoms with Crippen LogP contribution in [0.1, 0.15) is 5.56 Å². The average Bonchev–Trinajstić information content (AvgIpc) is 3.20. The summed E-state index contributed by atoms with van der Waals surface area (Å²) in [7, 11) is 1.58. The molecule has 3 rings (SSSR count). The highest BCUT2D eigenvalue weighted by Crippen LogP contribution is 2.31. The molecular weight excluding hydrogens is 375 g/mol. The first kappa shape index (κ1) is 18.6. The predicted octanol–water partition coefficient (Wildman–Crippen LogP) is 4.69. The van der Waals surface area contributed by atoms with Crippen LogP contribution in [0, 0.1) is 0 Å². The zero-order valence-corrected chi connectivity index (χ0v) is 15.7. The van der Waals surface area contributed by atoms with Crippen molar-refractivity contribution in [3.63, 3.8) is 0 Å². The number of halogens is 2. The van der Waals surface area contributed by atoms with Crippen molar-refractivity contribution in [3.8, 4) is 11.5 Å². The molecule has 1 heterocycles. The van der Waals surface area contributed by atoms with Gasteiger partial charge in [-0.2, -0.15) is 0 Å². The fourth-order valence-corrected chi connectivity index (χ4v) is 2.87. The molecule has 5 nitrogen and oxygen atoms in total. The van der Waals surface area contributed by atoms with Crippen molar-refractivity contribution in [2.75, 3.05) is 13.9 Å². The Balaban J connectivity index is 1.73. The van der Waals surface area contributed by atoms with Gasteiger partial charge >= 0.3 is 0 Å². The molecule has 0 fully saturated rings. The number of aromatic nitrogens is 2. The van der Waals surface area contributed by atoms with E-state index in [0.29, 0.717) is 22.9 Å². The fraction of sp³-hybridized carbons (Fsp3) is 0.211. The van der Waals surface area contributed by atoms with Crippen LogP contribution in [-0.2, 0) is 16.3 Å². The average molecular weight is 393 g/mol. The Morgan fingerprint density at radius 2 is 1.81 bits per heavy atom. The minimum absolute atomic E-state index is 0.0599. The summed E-state index contributed by atoms with van der Waals surface area (Å²) in [6, 6.07) is 14.8. The van der Waals surface area contributed by atoms with E-state index < -0.39 is 5.18 Å². The van der Waals surface area contributed by atoms with E-state index in [2.05, 4.69) is 4.98 Å². The van der Waals surface area contributed by atoms with Gasteiger partial charge < -0.3 is 14.2 Å². The molecule has 1 atom stereocenters. The van der Waals surface area contributed by atoms with Crippen molar-refractivity contribution < 1.29 is 14.2 Å². The summed E-state index contributed by atoms with van der Waals surface area (Å²) in [6.45, 7) is -0.0599. The zero-order chi connectivity index (χ0) is 18.4. The van der Waals surface area contributed by atoms with E-state index in [0.717, 1.165) is 5.56 Å². The summed E-state index contributed by atoms with van der Waals surface area (Å²) in [6.07, 6.45) is 5.39. The van der Waals surface area contributed by atoms with Gasteiger partial charge in [0.05, 0.1) is 13.4 Å². The lowest BCUT2D eigenvalue weighted by Crippen LogP contribution is -2.33. The Bertz CT molecular complexity index is 825. The van der Waals surface area contributed by atoms with Gasteiger partial charge in [-0.05, 0) is 29.8 Å². The lowest BCUT2D eigenvalue weighted by Gasteiger charge is -2.28. The lowest BCUT2D eigenvalue weighted by atomic mass is 10.1. The Morgan fingerprint density at radius 3 is 2.46 bits per heavy atom. The lowest BCUT2D eigenvalue weighted by molar-refractivity contribution is -0.101. The monoisotopic (exact) mass is 392 g/mol. The van der Waals surface area contributed by atoms with Gasteiger partial charge in [0.1, 0.15) is 0 Å². The third-order valence-electron chi connectivity index (χ3n) is 3.79. The van der Waals surface area contributed by atoms with Crippen LogP contribution in [0.2, 0.25) is 5.02 Å². The number of hydrogen-bond donors (Lipinski definition) is 0. The molecule has 1 unspecified atom stereocenters. The number of nitrogens with zero attached hydrogens (tertiary/aromatic N) is 2. The number of benzene rings is 2. The molecule has 0 aliphatic heterocycles. The molecule has 0 amide bonds. The van der Waals surface area contributed by atoms with Crippen LogP contribution in [0.15, 0.2) is 67.3 Å². The number of hydrogen-bond acceptors (Lipinski definition) is 4. The first-order valence-electron chi connectivity index (χ1n) is 7.92. The third kappa shape index (κ3) is 4.49. The van der Waals surface area contributed by atoms with Crippen molar-refractivity contribution in [2.24, 2.45) is 0 Å². The van der Waals surface area contributed by atoms with E-state index in [1.165, 1.54) is 0 Å². The van der Waals surface area contributed by atoms with Crippen LogP contribution in [0.3, 0.4) is 0 Å². The van der Waals surface area contributed by atoms with Gasteiger partial charge in [0, 0.05) is 23.8 Å². The largest absolute Gasteiger partial charge is 0.493 e. The highest BCUT2D eigenvalue weighted by Gasteiger charge is 2.31. The van der Waals surface area contributed by atoms with Gasteiger partial charge in [-0.3, -0.25) is 4.57 Å². The second-order valence-corrected chi connectivity index (χ2v) is 6.55. The number of rotatable bonds is 8. The maximum Gasteiger partial charge on any atom is 0.230 e. The molecule has 1 aromatic heterocycles. The van der Waals surface area contributed by atoms with E-state index >= 15 is 0 Å². The molecule has 136 valence electrons. The third-order valence-corrected chi connectivity index (χ3v) is 4.48. The van der Waals surface area contributed by atoms with Crippen LogP contribution in [0.25, 0.3) is 0 Å². The number of imidazole rings is 1. The fourth-order valence-electron chi connectivity index (χ4n) is 2.45. The molecule has 0 saturated heterocycles. The maximum atomic E-state index is 6.78. The molecule has 0 aliphatic rings. The summed E-state index contributed by atoms with van der Waals surface area (Å²) in [5, 5.41) is -0.524. The van der Waals surface area contributed by atoms with Crippen molar-refractivity contribution in [1.82, 2.24) is 9.55 Å². The first-order valence-corrected chi connectivity index (χ1v) is 8.68. The van der Waals surface area contributed by atoms with Gasteiger partial charge in [-0.1, -0.05) is 47.5 Å². The van der Waals surface area contributed by atoms with Gasteiger partial charge in [-0.25, -0.2) is 4.98 Å². The highest BCUT2D eigenvalue weighted by molar-refractivity contribution is 6.30. The van der Waals surface area contributed by atoms with E-state index in [9.17, 15) is 0 Å². The number of alkyl halides is 1. The topological polar surface area (TPSA) is 45.5 Å². The van der Waals surface area contributed by atoms with E-state index in [4.69, 9.17) is 37.4 Å². The van der Waals surface area contributed by atoms with Crippen LogP contribution in [-0.4, -0.2) is 23.5 Å². The minimum atomic E-state index is -1.19. The quantitative estimate of drug-likeness (QED) is 0.412. The zero-order valence-electron chi connectivity index (χ0n) is 14.1. The molecular formula is C19H18Cl2N2O3. The van der Waals surface area contributed by atoms with Gasteiger partial charge in [0.2, 0.25) is 5.18 Å². The second-order valence-electron chi connectivity index (χ2n) is 5.52. The number of ether oxygens (including phenoxy) is 3. The molecule has 2 aromatic carbocycles. The smallest absolute Gasteiger partial charge is 0.230 e. The van der Waals surface area contributed by atoms with Crippen molar-refractivity contribution in [1.29, 1.82) is 0 Å². The molecule has 0 radical (unpaired) electrons. The highest BCUT2D eigenvalue weighted by atomic mass is 35.5. The molecule has 0 bridgehead atoms. The van der Waals surface area contributed by atoms with Crippen molar-refractivity contribution in [2.45, 2.75) is 11.6 Å². The van der Waals surface area contributed by atoms with E-state index in [1.54, 1.807) is 36.5 Å². The summed E-state index contributed by atoms with van der Waals surface area (Å²) in [5.74, 6) is 1.20. The Hall–Kier alpha value is -2.21. The maximum absolute atomic E-state index is 6.78. The predicted molar refractivity (Wildman–Crippen MR) is 101 cm³/mol. The van der Waals surface area contributed by atoms with Gasteiger partial charge in [0.15, 0.2) is 18.3 Å². The molecule has 26 heavy (non-hydrogen) atoms. The SMILES string of the molecule is COc1ccccc1OCOC(Cl)(Cc1ccc(Cl)cc1)n1ccnc1. The van der Waals surface area contributed by atoms with Crippen molar-refractivity contribution >= 4 is 23.2 Å². The number of para-hydroxylation sites is 2. The standard InChI is InChI=1S/C19H18Cl2N2O3/c1-24-17-4-2-3-5-18(17)25-14-26-19(21,23-11-10-22-13-23)12-15-6-8-16(20)9-7-15/h2-11,13H,12,14H2,1H3. The Morgan fingerprint density at radius 1 is 1.08 bits per heavy atom. The van der Waals surface area contributed by atoms with Gasteiger partial charge in [-0.15, -0.1) is 0 Å². The van der Waals surface area contributed by atoms with E-state index in [1.807, 2.05) is 42.5 Å². The number of methoxy groups -OCH3 is 1. The summed E-state index contributed by atoms with van der Waals surface area (Å²) < 4.78 is 18.5. The summed E-state index contributed by atoms with van der Waals surface area (Å²) in [5.41, 5.74) is 0.968. The Labute approximate surface area is 162 Å².